The second-order valence-corrected chi connectivity index (χ2v) is 5.57. The summed E-state index contributed by atoms with van der Waals surface area (Å²) in [5.74, 6) is 0.309. The SMILES string of the molecule is O=C([C@H]1CCCCN1)N1CCC(n2ccnc2)CC1. The first kappa shape index (κ1) is 12.7. The number of amides is 1. The van der Waals surface area contributed by atoms with Crippen molar-refractivity contribution in [2.45, 2.75) is 44.2 Å². The molecule has 2 aliphatic heterocycles. The van der Waals surface area contributed by atoms with Crippen molar-refractivity contribution in [3.05, 3.63) is 18.7 Å². The third-order valence-electron chi connectivity index (χ3n) is 4.33. The Hall–Kier alpha value is -1.36. The lowest BCUT2D eigenvalue weighted by Crippen LogP contribution is -2.50. The molecular formula is C14H22N4O. The molecule has 0 spiro atoms. The summed E-state index contributed by atoms with van der Waals surface area (Å²) in [4.78, 5) is 18.5. The van der Waals surface area contributed by atoms with E-state index in [1.807, 2.05) is 23.6 Å². The lowest BCUT2D eigenvalue weighted by Gasteiger charge is -2.35. The first-order valence-electron chi connectivity index (χ1n) is 7.34. The Morgan fingerprint density at radius 1 is 1.21 bits per heavy atom. The van der Waals surface area contributed by atoms with Crippen molar-refractivity contribution >= 4 is 5.91 Å². The molecule has 0 saturated carbocycles. The van der Waals surface area contributed by atoms with Gasteiger partial charge in [-0.05, 0) is 32.2 Å². The Balaban J connectivity index is 1.53. The van der Waals surface area contributed by atoms with Crippen LogP contribution in [0, 0.1) is 0 Å². The van der Waals surface area contributed by atoms with Crippen molar-refractivity contribution in [3.8, 4) is 0 Å². The molecule has 1 aromatic heterocycles. The minimum absolute atomic E-state index is 0.0681. The number of rotatable bonds is 2. The maximum atomic E-state index is 12.4. The van der Waals surface area contributed by atoms with Crippen LogP contribution in [0.5, 0.6) is 0 Å². The molecule has 3 rings (SSSR count). The molecule has 2 fully saturated rings. The molecule has 0 bridgehead atoms. The number of imidazole rings is 1. The van der Waals surface area contributed by atoms with Crippen LogP contribution in [-0.4, -0.2) is 46.0 Å². The fourth-order valence-electron chi connectivity index (χ4n) is 3.15. The van der Waals surface area contributed by atoms with Gasteiger partial charge in [-0.3, -0.25) is 4.79 Å². The maximum absolute atomic E-state index is 12.4. The van der Waals surface area contributed by atoms with Gasteiger partial charge in [-0.2, -0.15) is 0 Å². The zero-order valence-electron chi connectivity index (χ0n) is 11.3. The lowest BCUT2D eigenvalue weighted by atomic mass is 10.0. The van der Waals surface area contributed by atoms with E-state index in [9.17, 15) is 4.79 Å². The minimum Gasteiger partial charge on any atom is -0.341 e. The summed E-state index contributed by atoms with van der Waals surface area (Å²) in [6.07, 6.45) is 11.2. The molecule has 0 unspecified atom stereocenters. The molecule has 1 atom stereocenters. The maximum Gasteiger partial charge on any atom is 0.239 e. The van der Waals surface area contributed by atoms with Gasteiger partial charge >= 0.3 is 0 Å². The Bertz CT molecular complexity index is 403. The fourth-order valence-corrected chi connectivity index (χ4v) is 3.15. The largest absolute Gasteiger partial charge is 0.341 e. The molecule has 1 N–H and O–H groups in total. The number of carbonyl (C=O) groups is 1. The minimum atomic E-state index is 0.0681. The smallest absolute Gasteiger partial charge is 0.239 e. The number of piperidine rings is 2. The van der Waals surface area contributed by atoms with E-state index in [0.717, 1.165) is 38.9 Å². The van der Waals surface area contributed by atoms with Gasteiger partial charge in [-0.15, -0.1) is 0 Å². The van der Waals surface area contributed by atoms with E-state index in [1.165, 1.54) is 12.8 Å². The monoisotopic (exact) mass is 262 g/mol. The van der Waals surface area contributed by atoms with Gasteiger partial charge in [-0.1, -0.05) is 6.42 Å². The quantitative estimate of drug-likeness (QED) is 0.871. The van der Waals surface area contributed by atoms with E-state index >= 15 is 0 Å². The third-order valence-corrected chi connectivity index (χ3v) is 4.33. The van der Waals surface area contributed by atoms with Gasteiger partial charge in [0.25, 0.3) is 0 Å². The normalized spacial score (nSPS) is 25.5. The second kappa shape index (κ2) is 5.74. The van der Waals surface area contributed by atoms with E-state index in [1.54, 1.807) is 0 Å². The van der Waals surface area contributed by atoms with Crippen molar-refractivity contribution in [1.82, 2.24) is 19.8 Å². The topological polar surface area (TPSA) is 50.2 Å². The molecule has 0 aromatic carbocycles. The summed E-state index contributed by atoms with van der Waals surface area (Å²) >= 11 is 0. The molecule has 104 valence electrons. The van der Waals surface area contributed by atoms with Crippen LogP contribution in [0.25, 0.3) is 0 Å². The average molecular weight is 262 g/mol. The standard InChI is InChI=1S/C14H22N4O/c19-14(13-3-1-2-6-16-13)17-8-4-12(5-9-17)18-10-7-15-11-18/h7,10-13,16H,1-6,8-9H2/t13-/m1/s1. The number of nitrogens with one attached hydrogen (secondary N) is 1. The van der Waals surface area contributed by atoms with Gasteiger partial charge in [0.05, 0.1) is 12.4 Å². The Morgan fingerprint density at radius 2 is 2.05 bits per heavy atom. The molecular weight excluding hydrogens is 240 g/mol. The molecule has 0 aliphatic carbocycles. The highest BCUT2D eigenvalue weighted by Crippen LogP contribution is 2.23. The average Bonchev–Trinajstić information content (AvgIpc) is 3.02. The molecule has 2 saturated heterocycles. The Labute approximate surface area is 114 Å². The highest BCUT2D eigenvalue weighted by atomic mass is 16.2. The van der Waals surface area contributed by atoms with Crippen molar-refractivity contribution in [2.75, 3.05) is 19.6 Å². The van der Waals surface area contributed by atoms with Crippen LogP contribution < -0.4 is 5.32 Å². The molecule has 19 heavy (non-hydrogen) atoms. The van der Waals surface area contributed by atoms with Crippen LogP contribution in [0.4, 0.5) is 0 Å². The number of likely N-dealkylation sites (tertiary alicyclic amines) is 1. The van der Waals surface area contributed by atoms with Gasteiger partial charge in [0.1, 0.15) is 0 Å². The highest BCUT2D eigenvalue weighted by Gasteiger charge is 2.29. The van der Waals surface area contributed by atoms with E-state index in [0.29, 0.717) is 11.9 Å². The van der Waals surface area contributed by atoms with Crippen LogP contribution in [0.1, 0.15) is 38.1 Å². The summed E-state index contributed by atoms with van der Waals surface area (Å²) in [5, 5.41) is 3.35. The highest BCUT2D eigenvalue weighted by molar-refractivity contribution is 5.82. The van der Waals surface area contributed by atoms with Crippen molar-refractivity contribution < 1.29 is 4.79 Å². The summed E-state index contributed by atoms with van der Waals surface area (Å²) in [5.41, 5.74) is 0. The van der Waals surface area contributed by atoms with E-state index in [4.69, 9.17) is 0 Å². The molecule has 2 aliphatic rings. The third kappa shape index (κ3) is 2.81. The lowest BCUT2D eigenvalue weighted by molar-refractivity contribution is -0.135. The fraction of sp³-hybridized carbons (Fsp3) is 0.714. The van der Waals surface area contributed by atoms with Gasteiger partial charge < -0.3 is 14.8 Å². The number of nitrogens with zero attached hydrogens (tertiary/aromatic N) is 3. The number of carbonyl (C=O) groups excluding carboxylic acids is 1. The molecule has 1 aromatic rings. The molecule has 3 heterocycles. The number of hydrogen-bond acceptors (Lipinski definition) is 3. The van der Waals surface area contributed by atoms with Crippen molar-refractivity contribution in [1.29, 1.82) is 0 Å². The molecule has 5 nitrogen and oxygen atoms in total. The van der Waals surface area contributed by atoms with Crippen LogP contribution in [0.2, 0.25) is 0 Å². The van der Waals surface area contributed by atoms with E-state index in [-0.39, 0.29) is 6.04 Å². The van der Waals surface area contributed by atoms with Crippen LogP contribution in [-0.2, 0) is 4.79 Å². The van der Waals surface area contributed by atoms with E-state index in [2.05, 4.69) is 14.9 Å². The van der Waals surface area contributed by atoms with Crippen molar-refractivity contribution in [2.24, 2.45) is 0 Å². The summed E-state index contributed by atoms with van der Waals surface area (Å²) in [6, 6.07) is 0.574. The Kier molecular flexibility index (Phi) is 3.82. The zero-order chi connectivity index (χ0) is 13.1. The van der Waals surface area contributed by atoms with E-state index < -0.39 is 0 Å². The van der Waals surface area contributed by atoms with Gasteiger partial charge in [0.15, 0.2) is 0 Å². The number of hydrogen-bond donors (Lipinski definition) is 1. The molecule has 1 amide bonds. The van der Waals surface area contributed by atoms with Crippen LogP contribution in [0.3, 0.4) is 0 Å². The summed E-state index contributed by atoms with van der Waals surface area (Å²) in [6.45, 7) is 2.74. The predicted molar refractivity (Wildman–Crippen MR) is 72.7 cm³/mol. The number of aromatic nitrogens is 2. The predicted octanol–water partition coefficient (Wildman–Crippen LogP) is 1.19. The second-order valence-electron chi connectivity index (χ2n) is 5.57. The first-order valence-corrected chi connectivity index (χ1v) is 7.34. The molecule has 0 radical (unpaired) electrons. The first-order chi connectivity index (χ1) is 9.34. The van der Waals surface area contributed by atoms with Crippen LogP contribution in [0.15, 0.2) is 18.7 Å². The van der Waals surface area contributed by atoms with Crippen molar-refractivity contribution in [3.63, 3.8) is 0 Å². The van der Waals surface area contributed by atoms with Gasteiger partial charge in [0.2, 0.25) is 5.91 Å². The zero-order valence-corrected chi connectivity index (χ0v) is 11.3. The Morgan fingerprint density at radius 3 is 2.68 bits per heavy atom. The van der Waals surface area contributed by atoms with Crippen LogP contribution >= 0.6 is 0 Å². The summed E-state index contributed by atoms with van der Waals surface area (Å²) in [7, 11) is 0. The van der Waals surface area contributed by atoms with Gasteiger partial charge in [-0.25, -0.2) is 4.98 Å². The van der Waals surface area contributed by atoms with Gasteiger partial charge in [0, 0.05) is 31.5 Å². The molecule has 5 heteroatoms. The summed E-state index contributed by atoms with van der Waals surface area (Å²) < 4.78 is 2.17.